The minimum atomic E-state index is -0.626. The highest BCUT2D eigenvalue weighted by Crippen LogP contribution is 2.16. The molecule has 0 aliphatic carbocycles. The van der Waals surface area contributed by atoms with Crippen molar-refractivity contribution in [3.05, 3.63) is 0 Å². The van der Waals surface area contributed by atoms with Gasteiger partial charge in [0.05, 0.1) is 6.04 Å². The van der Waals surface area contributed by atoms with Crippen LogP contribution in [0.4, 0.5) is 0 Å². The Kier molecular flexibility index (Phi) is 5.75. The monoisotopic (exact) mass is 284 g/mol. The molecular formula is C12H24N6O2. The minimum Gasteiger partial charge on any atom is -0.370 e. The van der Waals surface area contributed by atoms with Crippen molar-refractivity contribution in [1.82, 2.24) is 10.2 Å². The minimum absolute atomic E-state index is 0.0487. The lowest BCUT2D eigenvalue weighted by Gasteiger charge is -2.40. The van der Waals surface area contributed by atoms with E-state index < -0.39 is 11.9 Å². The van der Waals surface area contributed by atoms with Crippen LogP contribution in [0.25, 0.3) is 0 Å². The van der Waals surface area contributed by atoms with Crippen LogP contribution in [0.3, 0.4) is 0 Å². The number of nitrogens with one attached hydrogen (secondary N) is 1. The van der Waals surface area contributed by atoms with Gasteiger partial charge in [-0.3, -0.25) is 19.5 Å². The molecule has 20 heavy (non-hydrogen) atoms. The van der Waals surface area contributed by atoms with Crippen molar-refractivity contribution in [3.8, 4) is 0 Å². The first-order chi connectivity index (χ1) is 9.32. The van der Waals surface area contributed by atoms with Crippen LogP contribution >= 0.6 is 0 Å². The van der Waals surface area contributed by atoms with E-state index in [4.69, 9.17) is 17.2 Å². The second-order valence-electron chi connectivity index (χ2n) is 5.22. The summed E-state index contributed by atoms with van der Waals surface area (Å²) in [6, 6.07) is -0.755. The SMILES string of the molecule is CC(C)N1CC(C(N)=O)NC(=O)[C@@H]1CCCN=C(N)N. The maximum absolute atomic E-state index is 12.1. The van der Waals surface area contributed by atoms with Crippen LogP contribution in [0.5, 0.6) is 0 Å². The molecule has 0 spiro atoms. The van der Waals surface area contributed by atoms with Crippen LogP contribution in [0, 0.1) is 0 Å². The van der Waals surface area contributed by atoms with Gasteiger partial charge in [-0.05, 0) is 26.7 Å². The van der Waals surface area contributed by atoms with Gasteiger partial charge in [-0.15, -0.1) is 0 Å². The van der Waals surface area contributed by atoms with Crippen molar-refractivity contribution in [1.29, 1.82) is 0 Å². The van der Waals surface area contributed by atoms with E-state index >= 15 is 0 Å². The fourth-order valence-corrected chi connectivity index (χ4v) is 2.32. The summed E-state index contributed by atoms with van der Waals surface area (Å²) in [6.45, 7) is 4.89. The predicted molar refractivity (Wildman–Crippen MR) is 76.7 cm³/mol. The number of aliphatic imine (C=N–C) groups is 1. The van der Waals surface area contributed by atoms with Crippen LogP contribution in [-0.2, 0) is 9.59 Å². The lowest BCUT2D eigenvalue weighted by Crippen LogP contribution is -2.64. The number of rotatable bonds is 6. The quantitative estimate of drug-likeness (QED) is 0.256. The molecule has 8 nitrogen and oxygen atoms in total. The molecule has 8 heteroatoms. The second-order valence-corrected chi connectivity index (χ2v) is 5.22. The Morgan fingerprint density at radius 1 is 1.45 bits per heavy atom. The van der Waals surface area contributed by atoms with Gasteiger partial charge < -0.3 is 22.5 Å². The third kappa shape index (κ3) is 4.37. The molecule has 0 aromatic heterocycles. The number of nitrogens with two attached hydrogens (primary N) is 3. The Balaban J connectivity index is 2.65. The lowest BCUT2D eigenvalue weighted by molar-refractivity contribution is -0.137. The summed E-state index contributed by atoms with van der Waals surface area (Å²) in [4.78, 5) is 29.2. The van der Waals surface area contributed by atoms with Gasteiger partial charge in [-0.2, -0.15) is 0 Å². The number of primary amides is 1. The summed E-state index contributed by atoms with van der Waals surface area (Å²) in [5, 5.41) is 2.66. The van der Waals surface area contributed by atoms with E-state index in [0.717, 1.165) is 0 Å². The zero-order chi connectivity index (χ0) is 15.3. The Hall–Kier alpha value is -1.83. The maximum atomic E-state index is 12.1. The Labute approximate surface area is 118 Å². The molecule has 0 aromatic rings. The van der Waals surface area contributed by atoms with Gasteiger partial charge in [-0.1, -0.05) is 0 Å². The van der Waals surface area contributed by atoms with E-state index in [9.17, 15) is 9.59 Å². The van der Waals surface area contributed by atoms with Gasteiger partial charge in [0.25, 0.3) is 0 Å². The normalized spacial score (nSPS) is 23.4. The highest BCUT2D eigenvalue weighted by atomic mass is 16.2. The van der Waals surface area contributed by atoms with Crippen LogP contribution in [-0.4, -0.2) is 53.9 Å². The van der Waals surface area contributed by atoms with Gasteiger partial charge in [0, 0.05) is 19.1 Å². The van der Waals surface area contributed by atoms with Crippen LogP contribution < -0.4 is 22.5 Å². The number of guanidine groups is 1. The molecule has 1 saturated heterocycles. The first kappa shape index (κ1) is 16.2. The average Bonchev–Trinajstić information content (AvgIpc) is 2.34. The molecule has 7 N–H and O–H groups in total. The molecule has 0 bridgehead atoms. The summed E-state index contributed by atoms with van der Waals surface area (Å²) in [6.07, 6.45) is 1.33. The molecular weight excluding hydrogens is 260 g/mol. The van der Waals surface area contributed by atoms with E-state index in [2.05, 4.69) is 10.3 Å². The number of piperazine rings is 1. The summed E-state index contributed by atoms with van der Waals surface area (Å²) in [5.41, 5.74) is 15.8. The number of hydrogen-bond acceptors (Lipinski definition) is 4. The van der Waals surface area contributed by atoms with E-state index in [1.54, 1.807) is 0 Å². The molecule has 1 aliphatic heterocycles. The highest BCUT2D eigenvalue weighted by molar-refractivity contribution is 5.90. The number of nitrogens with zero attached hydrogens (tertiary/aromatic N) is 2. The van der Waals surface area contributed by atoms with Crippen LogP contribution in [0.15, 0.2) is 4.99 Å². The molecule has 0 saturated carbocycles. The molecule has 2 amide bonds. The molecule has 114 valence electrons. The van der Waals surface area contributed by atoms with Crippen molar-refractivity contribution < 1.29 is 9.59 Å². The third-order valence-corrected chi connectivity index (χ3v) is 3.35. The van der Waals surface area contributed by atoms with Crippen LogP contribution in [0.1, 0.15) is 26.7 Å². The topological polar surface area (TPSA) is 140 Å². The summed E-state index contributed by atoms with van der Waals surface area (Å²) < 4.78 is 0. The molecule has 0 aromatic carbocycles. The van der Waals surface area contributed by atoms with Gasteiger partial charge in [0.2, 0.25) is 11.8 Å². The fraction of sp³-hybridized carbons (Fsp3) is 0.750. The fourth-order valence-electron chi connectivity index (χ4n) is 2.32. The standard InChI is InChI=1S/C12H24N6O2/c1-7(2)18-6-8(10(13)19)17-11(20)9(18)4-3-5-16-12(14)15/h7-9H,3-6H2,1-2H3,(H2,13,19)(H,17,20)(H4,14,15,16)/t8?,9-/m0/s1. The van der Waals surface area contributed by atoms with E-state index in [-0.39, 0.29) is 24.0 Å². The highest BCUT2D eigenvalue weighted by Gasteiger charge is 2.37. The number of carbonyl (C=O) groups excluding carboxylic acids is 2. The van der Waals surface area contributed by atoms with Crippen molar-refractivity contribution in [2.75, 3.05) is 13.1 Å². The zero-order valence-corrected chi connectivity index (χ0v) is 12.0. The Morgan fingerprint density at radius 3 is 2.60 bits per heavy atom. The largest absolute Gasteiger partial charge is 0.370 e. The summed E-state index contributed by atoms with van der Waals surface area (Å²) >= 11 is 0. The number of carbonyl (C=O) groups is 2. The lowest BCUT2D eigenvalue weighted by atomic mass is 10.0. The Bertz CT molecular complexity index is 391. The Morgan fingerprint density at radius 2 is 2.10 bits per heavy atom. The molecule has 2 atom stereocenters. The molecule has 1 rings (SSSR count). The van der Waals surface area contributed by atoms with Crippen LogP contribution in [0.2, 0.25) is 0 Å². The van der Waals surface area contributed by atoms with E-state index in [0.29, 0.717) is 25.9 Å². The number of amides is 2. The van der Waals surface area contributed by atoms with Crippen molar-refractivity contribution >= 4 is 17.8 Å². The first-order valence-corrected chi connectivity index (χ1v) is 6.73. The van der Waals surface area contributed by atoms with E-state index in [1.165, 1.54) is 0 Å². The molecule has 1 heterocycles. The third-order valence-electron chi connectivity index (χ3n) is 3.35. The van der Waals surface area contributed by atoms with Gasteiger partial charge >= 0.3 is 0 Å². The molecule has 0 radical (unpaired) electrons. The maximum Gasteiger partial charge on any atom is 0.241 e. The molecule has 1 fully saturated rings. The van der Waals surface area contributed by atoms with Crippen molar-refractivity contribution in [2.24, 2.45) is 22.2 Å². The summed E-state index contributed by atoms with van der Waals surface area (Å²) in [7, 11) is 0. The second kappa shape index (κ2) is 7.09. The van der Waals surface area contributed by atoms with E-state index in [1.807, 2.05) is 18.7 Å². The van der Waals surface area contributed by atoms with Crippen molar-refractivity contribution in [2.45, 2.75) is 44.8 Å². The smallest absolute Gasteiger partial charge is 0.241 e. The first-order valence-electron chi connectivity index (χ1n) is 6.73. The van der Waals surface area contributed by atoms with Gasteiger partial charge in [0.1, 0.15) is 6.04 Å². The average molecular weight is 284 g/mol. The molecule has 1 unspecified atom stereocenters. The number of hydrogen-bond donors (Lipinski definition) is 4. The molecule has 1 aliphatic rings. The van der Waals surface area contributed by atoms with Gasteiger partial charge in [-0.25, -0.2) is 0 Å². The van der Waals surface area contributed by atoms with Crippen molar-refractivity contribution in [3.63, 3.8) is 0 Å². The predicted octanol–water partition coefficient (Wildman–Crippen LogP) is -1.90. The summed E-state index contributed by atoms with van der Waals surface area (Å²) in [5.74, 6) is -0.631. The zero-order valence-electron chi connectivity index (χ0n) is 12.0. The van der Waals surface area contributed by atoms with Gasteiger partial charge in [0.15, 0.2) is 5.96 Å².